The van der Waals surface area contributed by atoms with E-state index in [-0.39, 0.29) is 21.6 Å². The van der Waals surface area contributed by atoms with Crippen molar-refractivity contribution in [3.63, 3.8) is 0 Å². The van der Waals surface area contributed by atoms with Crippen molar-refractivity contribution in [2.24, 2.45) is 14.1 Å². The summed E-state index contributed by atoms with van der Waals surface area (Å²) < 4.78 is 70.8. The number of nitrogens with one attached hydrogen (secondary N) is 2. The number of pyridine rings is 2. The lowest BCUT2D eigenvalue weighted by atomic mass is 10.1. The van der Waals surface area contributed by atoms with Gasteiger partial charge in [-0.1, -0.05) is 47.5 Å². The second kappa shape index (κ2) is 19.5. The van der Waals surface area contributed by atoms with Gasteiger partial charge < -0.3 is 19.7 Å². The summed E-state index contributed by atoms with van der Waals surface area (Å²) in [7, 11) is -4.47. The van der Waals surface area contributed by atoms with Gasteiger partial charge in [0.25, 0.3) is 23.1 Å². The molecule has 4 aromatic heterocycles. The number of fused-ring (bicyclic) bond motifs is 2. The molecule has 0 atom stereocenters. The molecule has 66 heavy (non-hydrogen) atoms. The SMILES string of the molecule is Cc1ccc(S(=O)(=O)[O-])cc1.Cc1ccc(S(=O)(=O)[O-])cc1.Cn1c(-c2ccc(NC(=O)c3ccc(C(=O)Nc4ccc(-c5c[n+]6ccccc6n5C)cc4)cc3)cc2)c[n+]2ccccc12. The third kappa shape index (κ3) is 11.1. The zero-order valence-electron chi connectivity index (χ0n) is 36.2. The van der Waals surface area contributed by atoms with E-state index in [9.17, 15) is 35.5 Å². The first-order valence-electron chi connectivity index (χ1n) is 20.3. The highest BCUT2D eigenvalue weighted by molar-refractivity contribution is 7.86. The molecular formula is C50H44N6O8S2. The van der Waals surface area contributed by atoms with Crippen LogP contribution in [0.3, 0.4) is 0 Å². The van der Waals surface area contributed by atoms with Crippen LogP contribution in [0.25, 0.3) is 33.8 Å². The van der Waals surface area contributed by atoms with Crippen molar-refractivity contribution in [3.8, 4) is 22.5 Å². The molecule has 5 aromatic carbocycles. The van der Waals surface area contributed by atoms with Crippen molar-refractivity contribution < 1.29 is 44.3 Å². The van der Waals surface area contributed by atoms with Crippen LogP contribution in [0.15, 0.2) is 192 Å². The Labute approximate surface area is 382 Å². The first kappa shape index (κ1) is 46.2. The number of amides is 2. The topological polar surface area (TPSA) is 191 Å². The summed E-state index contributed by atoms with van der Waals surface area (Å²) in [6.07, 6.45) is 8.21. The summed E-state index contributed by atoms with van der Waals surface area (Å²) in [6.45, 7) is 3.64. The van der Waals surface area contributed by atoms with E-state index in [1.54, 1.807) is 48.5 Å². The number of anilines is 2. The summed E-state index contributed by atoms with van der Waals surface area (Å²) >= 11 is 0. The molecule has 9 aromatic rings. The van der Waals surface area contributed by atoms with Gasteiger partial charge >= 0.3 is 0 Å². The van der Waals surface area contributed by atoms with Crippen molar-refractivity contribution in [1.29, 1.82) is 0 Å². The van der Waals surface area contributed by atoms with Crippen LogP contribution in [-0.2, 0) is 34.3 Å². The predicted molar refractivity (Wildman–Crippen MR) is 249 cm³/mol. The Morgan fingerprint density at radius 2 is 0.803 bits per heavy atom. The van der Waals surface area contributed by atoms with Crippen LogP contribution >= 0.6 is 0 Å². The summed E-state index contributed by atoms with van der Waals surface area (Å²) in [5.41, 5.74) is 10.6. The van der Waals surface area contributed by atoms with E-state index >= 15 is 0 Å². The predicted octanol–water partition coefficient (Wildman–Crippen LogP) is 7.48. The molecule has 334 valence electrons. The fourth-order valence-corrected chi connectivity index (χ4v) is 7.88. The van der Waals surface area contributed by atoms with Crippen LogP contribution < -0.4 is 19.4 Å². The van der Waals surface area contributed by atoms with Gasteiger partial charge in [0.2, 0.25) is 0 Å². The van der Waals surface area contributed by atoms with Gasteiger partial charge in [0, 0.05) is 45.8 Å². The van der Waals surface area contributed by atoms with Crippen molar-refractivity contribution >= 4 is 54.7 Å². The Morgan fingerprint density at radius 1 is 0.470 bits per heavy atom. The van der Waals surface area contributed by atoms with E-state index in [2.05, 4.69) is 53.1 Å². The number of aromatic nitrogens is 4. The third-order valence-electron chi connectivity index (χ3n) is 10.6. The van der Waals surface area contributed by atoms with Gasteiger partial charge in [0.05, 0.1) is 36.3 Å². The van der Waals surface area contributed by atoms with E-state index in [1.807, 2.05) is 113 Å². The number of aryl methyl sites for hydroxylation is 4. The number of hydrogen-bond donors (Lipinski definition) is 2. The first-order valence-corrected chi connectivity index (χ1v) is 23.2. The van der Waals surface area contributed by atoms with Crippen LogP contribution in [0.4, 0.5) is 11.4 Å². The zero-order chi connectivity index (χ0) is 47.2. The minimum absolute atomic E-state index is 0.178. The molecule has 2 N–H and O–H groups in total. The Hall–Kier alpha value is -7.76. The van der Waals surface area contributed by atoms with E-state index in [1.165, 1.54) is 24.3 Å². The lowest BCUT2D eigenvalue weighted by Crippen LogP contribution is -2.17. The van der Waals surface area contributed by atoms with Crippen molar-refractivity contribution in [3.05, 3.63) is 205 Å². The molecule has 4 heterocycles. The normalized spacial score (nSPS) is 11.2. The first-order chi connectivity index (χ1) is 31.4. The molecule has 9 rings (SSSR count). The van der Waals surface area contributed by atoms with Gasteiger partial charge in [-0.3, -0.25) is 9.59 Å². The second-order valence-electron chi connectivity index (χ2n) is 15.3. The zero-order valence-corrected chi connectivity index (χ0v) is 37.8. The van der Waals surface area contributed by atoms with Gasteiger partial charge in [-0.2, -0.15) is 0 Å². The molecule has 0 saturated carbocycles. The largest absolute Gasteiger partial charge is 0.744 e. The average Bonchev–Trinajstić information content (AvgIpc) is 3.82. The molecule has 0 saturated heterocycles. The maximum Gasteiger partial charge on any atom is 0.286 e. The van der Waals surface area contributed by atoms with Crippen LogP contribution in [0.5, 0.6) is 0 Å². The molecule has 2 amide bonds. The lowest BCUT2D eigenvalue weighted by molar-refractivity contribution is -0.510. The monoisotopic (exact) mass is 920 g/mol. The Bertz CT molecular complexity index is 3180. The maximum absolute atomic E-state index is 12.9. The van der Waals surface area contributed by atoms with E-state index < -0.39 is 20.2 Å². The smallest absolute Gasteiger partial charge is 0.286 e. The van der Waals surface area contributed by atoms with Gasteiger partial charge in [-0.05, 0) is 123 Å². The molecule has 0 bridgehead atoms. The molecular weight excluding hydrogens is 877 g/mol. The molecule has 0 fully saturated rings. The van der Waals surface area contributed by atoms with Crippen molar-refractivity contribution in [1.82, 2.24) is 9.13 Å². The van der Waals surface area contributed by atoms with Crippen LogP contribution in [0.1, 0.15) is 31.8 Å². The number of benzene rings is 5. The number of hydrogen-bond acceptors (Lipinski definition) is 8. The van der Waals surface area contributed by atoms with E-state index in [4.69, 9.17) is 0 Å². The molecule has 0 aliphatic carbocycles. The fourth-order valence-electron chi connectivity index (χ4n) is 6.94. The van der Waals surface area contributed by atoms with E-state index in [0.717, 1.165) is 44.9 Å². The maximum atomic E-state index is 12.9. The van der Waals surface area contributed by atoms with E-state index in [0.29, 0.717) is 22.5 Å². The number of nitrogens with zero attached hydrogens (tertiary/aromatic N) is 4. The van der Waals surface area contributed by atoms with Crippen LogP contribution in [0.2, 0.25) is 0 Å². The molecule has 0 aliphatic heterocycles. The fraction of sp³-hybridized carbons (Fsp3) is 0.0800. The van der Waals surface area contributed by atoms with Gasteiger partial charge in [-0.25, -0.2) is 34.8 Å². The number of carbonyl (C=O) groups is 2. The van der Waals surface area contributed by atoms with Gasteiger partial charge in [0.15, 0.2) is 11.4 Å². The molecule has 14 nitrogen and oxygen atoms in total. The molecule has 0 spiro atoms. The quantitative estimate of drug-likeness (QED) is 0.116. The average molecular weight is 921 g/mol. The standard InChI is InChI=1S/C36H28N6O2.2C7H8O3S/c1-39-31(23-41-21-5-3-7-33(39)41)25-13-17-29(18-14-25)37-35(43)27-9-11-28(12-10-27)36(44)38-30-19-15-26(16-20-30)32-24-42-22-6-4-8-34(42)40(32)2;2*1-6-2-4-7(5-3-6)11(8,9)10/h3-24H,1-2H3;2*2-5H,1H3,(H,8,9,10). The summed E-state index contributed by atoms with van der Waals surface area (Å²) in [6, 6.07) is 45.9. The summed E-state index contributed by atoms with van der Waals surface area (Å²) in [4.78, 5) is 25.5. The Kier molecular flexibility index (Phi) is 13.7. The van der Waals surface area contributed by atoms with Crippen molar-refractivity contribution in [2.75, 3.05) is 10.6 Å². The summed E-state index contributed by atoms with van der Waals surface area (Å²) in [5.74, 6) is -0.487. The second-order valence-corrected chi connectivity index (χ2v) is 18.0. The molecule has 0 radical (unpaired) electrons. The minimum Gasteiger partial charge on any atom is -0.744 e. The Morgan fingerprint density at radius 3 is 1.11 bits per heavy atom. The molecule has 0 unspecified atom stereocenters. The highest BCUT2D eigenvalue weighted by atomic mass is 32.2. The van der Waals surface area contributed by atoms with Crippen LogP contribution in [-0.4, -0.2) is 46.9 Å². The number of imidazole rings is 2. The minimum atomic E-state index is -4.27. The van der Waals surface area contributed by atoms with Crippen LogP contribution in [0, 0.1) is 13.8 Å². The third-order valence-corrected chi connectivity index (χ3v) is 12.3. The highest BCUT2D eigenvalue weighted by Gasteiger charge is 2.17. The summed E-state index contributed by atoms with van der Waals surface area (Å²) in [5, 5.41) is 5.89. The van der Waals surface area contributed by atoms with Gasteiger partial charge in [-0.15, -0.1) is 0 Å². The highest BCUT2D eigenvalue weighted by Crippen LogP contribution is 2.24. The van der Waals surface area contributed by atoms with Crippen molar-refractivity contribution in [2.45, 2.75) is 23.6 Å². The number of carbonyl (C=O) groups excluding carboxylic acids is 2. The lowest BCUT2D eigenvalue weighted by Gasteiger charge is -2.08. The van der Waals surface area contributed by atoms with Gasteiger partial charge in [0.1, 0.15) is 32.6 Å². The molecule has 0 aliphatic rings. The number of rotatable bonds is 8. The Balaban J connectivity index is 0.000000241. The molecule has 16 heteroatoms.